The van der Waals surface area contributed by atoms with E-state index in [4.69, 9.17) is 18.9 Å². The van der Waals surface area contributed by atoms with Crippen LogP contribution in [0.1, 0.15) is 26.3 Å². The predicted molar refractivity (Wildman–Crippen MR) is 83.6 cm³/mol. The van der Waals surface area contributed by atoms with Crippen LogP contribution >= 0.6 is 0 Å². The van der Waals surface area contributed by atoms with Crippen molar-refractivity contribution < 1.29 is 23.7 Å². The van der Waals surface area contributed by atoms with Crippen molar-refractivity contribution in [2.45, 2.75) is 51.0 Å². The predicted octanol–water partition coefficient (Wildman–Crippen LogP) is 2.60. The molecule has 1 aliphatic heterocycles. The van der Waals surface area contributed by atoms with E-state index in [9.17, 15) is 4.79 Å². The first-order valence-electron chi connectivity index (χ1n) is 7.76. The first-order valence-corrected chi connectivity index (χ1v) is 7.76. The maximum Gasteiger partial charge on any atom is 0.303 e. The molecule has 0 spiro atoms. The molecule has 1 fully saturated rings. The minimum absolute atomic E-state index is 0.221. The lowest BCUT2D eigenvalue weighted by atomic mass is 10.0. The number of hydrogen-bond acceptors (Lipinski definition) is 5. The molecule has 1 heterocycles. The lowest BCUT2D eigenvalue weighted by Crippen LogP contribution is -2.49. The Kier molecular flexibility index (Phi) is 4.27. The summed E-state index contributed by atoms with van der Waals surface area (Å²) in [5.41, 5.74) is 0.118. The third-order valence-electron chi connectivity index (χ3n) is 3.95. The van der Waals surface area contributed by atoms with Gasteiger partial charge in [-0.15, -0.1) is 0 Å². The van der Waals surface area contributed by atoms with Gasteiger partial charge in [0.15, 0.2) is 11.4 Å². The number of ether oxygens (including phenoxy) is 4. The van der Waals surface area contributed by atoms with Crippen molar-refractivity contribution in [2.24, 2.45) is 0 Å². The standard InChI is InChI=1S/C18H22O5/c1-13(19)21-18(12-20-11-14-7-5-4-6-8-14)10-9-15-16(18)23-17(2,3)22-15/h4-10,15-16H,11-12H2,1-3H3/t15-,16-,18-/m0/s1. The quantitative estimate of drug-likeness (QED) is 0.617. The number of rotatable bonds is 5. The van der Waals surface area contributed by atoms with Gasteiger partial charge in [-0.1, -0.05) is 36.4 Å². The SMILES string of the molecule is CC(=O)O[C@]1(COCc2ccccc2)C=C[C@@H]2OC(C)(C)O[C@@H]21. The van der Waals surface area contributed by atoms with Gasteiger partial charge < -0.3 is 18.9 Å². The van der Waals surface area contributed by atoms with Crippen LogP contribution in [0.5, 0.6) is 0 Å². The van der Waals surface area contributed by atoms with Crippen LogP contribution < -0.4 is 0 Å². The van der Waals surface area contributed by atoms with E-state index in [1.54, 1.807) is 0 Å². The van der Waals surface area contributed by atoms with Crippen LogP contribution in [-0.4, -0.2) is 36.2 Å². The van der Waals surface area contributed by atoms with E-state index < -0.39 is 17.5 Å². The van der Waals surface area contributed by atoms with Gasteiger partial charge in [-0.05, 0) is 25.5 Å². The van der Waals surface area contributed by atoms with Crippen LogP contribution in [0.25, 0.3) is 0 Å². The van der Waals surface area contributed by atoms with Crippen LogP contribution in [0, 0.1) is 0 Å². The first kappa shape index (κ1) is 16.2. The van der Waals surface area contributed by atoms with Gasteiger partial charge in [0.05, 0.1) is 13.2 Å². The van der Waals surface area contributed by atoms with E-state index in [0.717, 1.165) is 5.56 Å². The highest BCUT2D eigenvalue weighted by atomic mass is 16.8. The second kappa shape index (κ2) is 6.07. The number of esters is 1. The number of carbonyl (C=O) groups excluding carboxylic acids is 1. The molecule has 0 unspecified atom stereocenters. The van der Waals surface area contributed by atoms with Gasteiger partial charge in [-0.25, -0.2) is 0 Å². The molecule has 0 aromatic heterocycles. The molecule has 1 aromatic carbocycles. The Morgan fingerprint density at radius 3 is 2.65 bits per heavy atom. The third kappa shape index (κ3) is 3.47. The second-order valence-corrected chi connectivity index (χ2v) is 6.41. The molecule has 23 heavy (non-hydrogen) atoms. The van der Waals surface area contributed by atoms with Crippen LogP contribution in [0.4, 0.5) is 0 Å². The molecule has 2 aliphatic rings. The number of fused-ring (bicyclic) bond motifs is 1. The monoisotopic (exact) mass is 318 g/mol. The molecule has 5 nitrogen and oxygen atoms in total. The van der Waals surface area contributed by atoms with Gasteiger partial charge in [0, 0.05) is 6.92 Å². The zero-order chi connectivity index (χ0) is 16.5. The maximum absolute atomic E-state index is 11.6. The molecule has 0 amide bonds. The number of carbonyl (C=O) groups is 1. The minimum atomic E-state index is -0.945. The van der Waals surface area contributed by atoms with Crippen LogP contribution in [0.2, 0.25) is 0 Å². The van der Waals surface area contributed by atoms with Crippen molar-refractivity contribution >= 4 is 5.97 Å². The highest BCUT2D eigenvalue weighted by molar-refractivity contribution is 5.67. The van der Waals surface area contributed by atoms with E-state index in [0.29, 0.717) is 6.61 Å². The van der Waals surface area contributed by atoms with Crippen molar-refractivity contribution in [3.63, 3.8) is 0 Å². The lowest BCUT2D eigenvalue weighted by molar-refractivity contribution is -0.192. The van der Waals surface area contributed by atoms with E-state index >= 15 is 0 Å². The molecule has 0 saturated carbocycles. The van der Waals surface area contributed by atoms with Crippen LogP contribution in [0.3, 0.4) is 0 Å². The number of hydrogen-bond donors (Lipinski definition) is 0. The van der Waals surface area contributed by atoms with Crippen LogP contribution in [0.15, 0.2) is 42.5 Å². The highest BCUT2D eigenvalue weighted by Crippen LogP contribution is 2.41. The van der Waals surface area contributed by atoms with E-state index in [1.165, 1.54) is 6.92 Å². The normalized spacial score (nSPS) is 31.1. The largest absolute Gasteiger partial charge is 0.450 e. The van der Waals surface area contributed by atoms with Gasteiger partial charge in [-0.3, -0.25) is 4.79 Å². The van der Waals surface area contributed by atoms with E-state index in [-0.39, 0.29) is 18.7 Å². The van der Waals surface area contributed by atoms with Crippen molar-refractivity contribution in [2.75, 3.05) is 6.61 Å². The fourth-order valence-corrected chi connectivity index (χ4v) is 3.08. The maximum atomic E-state index is 11.6. The Morgan fingerprint density at radius 2 is 1.96 bits per heavy atom. The summed E-state index contributed by atoms with van der Waals surface area (Å²) in [6, 6.07) is 9.86. The summed E-state index contributed by atoms with van der Waals surface area (Å²) < 4.78 is 23.2. The molecule has 0 N–H and O–H groups in total. The summed E-state index contributed by atoms with van der Waals surface area (Å²) in [6.07, 6.45) is 3.08. The Bertz CT molecular complexity index is 595. The van der Waals surface area contributed by atoms with Crippen molar-refractivity contribution in [1.82, 2.24) is 0 Å². The van der Waals surface area contributed by atoms with Gasteiger partial charge >= 0.3 is 5.97 Å². The minimum Gasteiger partial charge on any atom is -0.450 e. The van der Waals surface area contributed by atoms with Gasteiger partial charge in [0.1, 0.15) is 12.2 Å². The molecule has 3 atom stereocenters. The molecular formula is C18H22O5. The van der Waals surface area contributed by atoms with E-state index in [1.807, 2.05) is 56.3 Å². The molecular weight excluding hydrogens is 296 g/mol. The molecule has 0 bridgehead atoms. The fourth-order valence-electron chi connectivity index (χ4n) is 3.08. The zero-order valence-electron chi connectivity index (χ0n) is 13.7. The summed E-state index contributed by atoms with van der Waals surface area (Å²) in [5.74, 6) is -1.07. The van der Waals surface area contributed by atoms with Crippen LogP contribution in [-0.2, 0) is 30.3 Å². The fraction of sp³-hybridized carbons (Fsp3) is 0.500. The molecule has 1 saturated heterocycles. The number of benzene rings is 1. The summed E-state index contributed by atoms with van der Waals surface area (Å²) in [6.45, 7) is 5.75. The van der Waals surface area contributed by atoms with Crippen molar-refractivity contribution in [3.05, 3.63) is 48.0 Å². The van der Waals surface area contributed by atoms with Gasteiger partial charge in [0.25, 0.3) is 0 Å². The Hall–Kier alpha value is -1.69. The molecule has 0 radical (unpaired) electrons. The highest BCUT2D eigenvalue weighted by Gasteiger charge is 2.56. The van der Waals surface area contributed by atoms with Crippen molar-refractivity contribution in [1.29, 1.82) is 0 Å². The summed E-state index contributed by atoms with van der Waals surface area (Å²) in [7, 11) is 0. The topological polar surface area (TPSA) is 54.0 Å². The third-order valence-corrected chi connectivity index (χ3v) is 3.95. The second-order valence-electron chi connectivity index (χ2n) is 6.41. The molecule has 5 heteroatoms. The molecule has 3 rings (SSSR count). The smallest absolute Gasteiger partial charge is 0.303 e. The Balaban J connectivity index is 1.71. The lowest BCUT2D eigenvalue weighted by Gasteiger charge is -2.33. The van der Waals surface area contributed by atoms with E-state index in [2.05, 4.69) is 0 Å². The van der Waals surface area contributed by atoms with Gasteiger partial charge in [-0.2, -0.15) is 0 Å². The molecule has 124 valence electrons. The Labute approximate surface area is 136 Å². The molecule has 1 aliphatic carbocycles. The molecule has 1 aromatic rings. The first-order chi connectivity index (χ1) is 10.9. The average Bonchev–Trinajstić information content (AvgIpc) is 2.95. The summed E-state index contributed by atoms with van der Waals surface area (Å²) in [4.78, 5) is 11.6. The summed E-state index contributed by atoms with van der Waals surface area (Å²) in [5, 5.41) is 0. The van der Waals surface area contributed by atoms with Gasteiger partial charge in [0.2, 0.25) is 0 Å². The van der Waals surface area contributed by atoms with Crippen molar-refractivity contribution in [3.8, 4) is 0 Å². The average molecular weight is 318 g/mol. The summed E-state index contributed by atoms with van der Waals surface area (Å²) >= 11 is 0. The Morgan fingerprint density at radius 1 is 1.22 bits per heavy atom. The zero-order valence-corrected chi connectivity index (χ0v) is 13.7.